The van der Waals surface area contributed by atoms with Crippen molar-refractivity contribution < 1.29 is 9.90 Å². The van der Waals surface area contributed by atoms with Crippen LogP contribution in [0.2, 0.25) is 5.02 Å². The molecule has 1 N–H and O–H groups in total. The van der Waals surface area contributed by atoms with Gasteiger partial charge in [0.05, 0.1) is 17.7 Å². The van der Waals surface area contributed by atoms with Gasteiger partial charge in [-0.15, -0.1) is 0 Å². The second-order valence-corrected chi connectivity index (χ2v) is 5.56. The van der Waals surface area contributed by atoms with E-state index in [2.05, 4.69) is 0 Å². The van der Waals surface area contributed by atoms with Gasteiger partial charge in [-0.3, -0.25) is 4.79 Å². The molecular formula is C17H13ClN2O2. The molecule has 1 fully saturated rings. The summed E-state index contributed by atoms with van der Waals surface area (Å²) in [5.41, 5.74) is 1.97. The minimum atomic E-state index is -1.04. The Labute approximate surface area is 133 Å². The highest BCUT2D eigenvalue weighted by Gasteiger charge is 2.40. The predicted molar refractivity (Wildman–Crippen MR) is 83.5 cm³/mol. The van der Waals surface area contributed by atoms with Gasteiger partial charge < -0.3 is 10.0 Å². The van der Waals surface area contributed by atoms with Crippen molar-refractivity contribution in [2.75, 3.05) is 4.90 Å². The Kier molecular flexibility index (Phi) is 3.84. The fourth-order valence-corrected chi connectivity index (χ4v) is 3.01. The van der Waals surface area contributed by atoms with Crippen molar-refractivity contribution in [1.82, 2.24) is 0 Å². The second-order valence-electron chi connectivity index (χ2n) is 5.16. The summed E-state index contributed by atoms with van der Waals surface area (Å²) in [5, 5.41) is 19.4. The summed E-state index contributed by atoms with van der Waals surface area (Å²) < 4.78 is 0. The Balaban J connectivity index is 2.04. The fourth-order valence-electron chi connectivity index (χ4n) is 2.75. The molecule has 1 heterocycles. The number of anilines is 1. The van der Waals surface area contributed by atoms with E-state index in [1.165, 1.54) is 0 Å². The van der Waals surface area contributed by atoms with Crippen LogP contribution in [-0.4, -0.2) is 17.1 Å². The summed E-state index contributed by atoms with van der Waals surface area (Å²) in [6, 6.07) is 15.7. The molecule has 1 aliphatic heterocycles. The maximum Gasteiger partial charge on any atom is 0.256 e. The van der Waals surface area contributed by atoms with E-state index >= 15 is 0 Å². The van der Waals surface area contributed by atoms with E-state index < -0.39 is 6.10 Å². The smallest absolute Gasteiger partial charge is 0.256 e. The first kappa shape index (κ1) is 14.6. The van der Waals surface area contributed by atoms with Crippen LogP contribution in [0.5, 0.6) is 0 Å². The number of amides is 1. The van der Waals surface area contributed by atoms with E-state index in [0.717, 1.165) is 5.56 Å². The zero-order valence-corrected chi connectivity index (χ0v) is 12.4. The van der Waals surface area contributed by atoms with Crippen molar-refractivity contribution in [3.8, 4) is 6.07 Å². The van der Waals surface area contributed by atoms with Crippen LogP contribution in [0.25, 0.3) is 0 Å². The third-order valence-electron chi connectivity index (χ3n) is 3.82. The number of benzene rings is 2. The van der Waals surface area contributed by atoms with Crippen LogP contribution in [-0.2, 0) is 4.79 Å². The summed E-state index contributed by atoms with van der Waals surface area (Å²) in [4.78, 5) is 13.9. The molecule has 1 saturated heterocycles. The lowest BCUT2D eigenvalue weighted by Gasteiger charge is -2.25. The average molecular weight is 313 g/mol. The highest BCUT2D eigenvalue weighted by atomic mass is 35.5. The normalized spacial score (nSPS) is 21.0. The largest absolute Gasteiger partial charge is 0.383 e. The molecule has 0 aliphatic carbocycles. The second kappa shape index (κ2) is 5.80. The summed E-state index contributed by atoms with van der Waals surface area (Å²) in [5.74, 6) is -0.352. The van der Waals surface area contributed by atoms with Gasteiger partial charge >= 0.3 is 0 Å². The van der Waals surface area contributed by atoms with E-state index in [1.807, 2.05) is 24.3 Å². The third kappa shape index (κ3) is 2.45. The van der Waals surface area contributed by atoms with Crippen LogP contribution in [0.4, 0.5) is 5.69 Å². The summed E-state index contributed by atoms with van der Waals surface area (Å²) >= 11 is 6.24. The number of halogens is 1. The molecule has 0 aromatic heterocycles. The number of hydrogen-bond acceptors (Lipinski definition) is 3. The summed E-state index contributed by atoms with van der Waals surface area (Å²) in [6.45, 7) is 0. The minimum Gasteiger partial charge on any atom is -0.383 e. The first-order valence-electron chi connectivity index (χ1n) is 6.87. The molecule has 2 aromatic carbocycles. The zero-order chi connectivity index (χ0) is 15.7. The maximum absolute atomic E-state index is 12.3. The summed E-state index contributed by atoms with van der Waals surface area (Å²) in [7, 11) is 0. The predicted octanol–water partition coefficient (Wildman–Crippen LogP) is 3.05. The molecule has 3 rings (SSSR count). The lowest BCUT2D eigenvalue weighted by molar-refractivity contribution is -0.124. The molecule has 1 amide bonds. The maximum atomic E-state index is 12.3. The van der Waals surface area contributed by atoms with Crippen molar-refractivity contribution in [3.63, 3.8) is 0 Å². The topological polar surface area (TPSA) is 64.3 Å². The number of carbonyl (C=O) groups is 1. The van der Waals surface area contributed by atoms with E-state index in [-0.39, 0.29) is 11.9 Å². The van der Waals surface area contributed by atoms with E-state index in [1.54, 1.807) is 35.2 Å². The summed E-state index contributed by atoms with van der Waals surface area (Å²) in [6.07, 6.45) is -0.750. The van der Waals surface area contributed by atoms with Crippen LogP contribution in [0.15, 0.2) is 48.5 Å². The fraction of sp³-hybridized carbons (Fsp3) is 0.176. The Bertz CT molecular complexity index is 752. The average Bonchev–Trinajstić information content (AvgIpc) is 2.83. The minimum absolute atomic E-state index is 0.294. The molecule has 1 aliphatic rings. The van der Waals surface area contributed by atoms with Crippen molar-refractivity contribution in [3.05, 3.63) is 64.7 Å². The molecule has 0 spiro atoms. The molecule has 4 nitrogen and oxygen atoms in total. The molecule has 110 valence electrons. The third-order valence-corrected chi connectivity index (χ3v) is 4.16. The number of aliphatic hydroxyl groups is 1. The van der Waals surface area contributed by atoms with Crippen molar-refractivity contribution >= 4 is 23.2 Å². The molecule has 0 radical (unpaired) electrons. The quantitative estimate of drug-likeness (QED) is 0.927. The standard InChI is InChI=1S/C17H13ClN2O2/c18-14-4-2-1-3-13(14)15-9-16(21)17(22)20(15)12-7-5-11(10-19)6-8-12/h1-8,15-16,21H,9H2/t15-,16+/m1/s1. The first-order valence-corrected chi connectivity index (χ1v) is 7.25. The van der Waals surface area contributed by atoms with Crippen molar-refractivity contribution in [2.45, 2.75) is 18.6 Å². The highest BCUT2D eigenvalue weighted by molar-refractivity contribution is 6.31. The molecule has 2 atom stereocenters. The number of hydrogen-bond donors (Lipinski definition) is 1. The van der Waals surface area contributed by atoms with Gasteiger partial charge in [-0.25, -0.2) is 0 Å². The van der Waals surface area contributed by atoms with Crippen molar-refractivity contribution in [2.24, 2.45) is 0 Å². The van der Waals surface area contributed by atoms with Crippen LogP contribution >= 0.6 is 11.6 Å². The number of nitrogens with zero attached hydrogens (tertiary/aromatic N) is 2. The van der Waals surface area contributed by atoms with Crippen LogP contribution < -0.4 is 4.90 Å². The monoisotopic (exact) mass is 312 g/mol. The van der Waals surface area contributed by atoms with E-state index in [9.17, 15) is 9.90 Å². The first-order chi connectivity index (χ1) is 10.6. The Morgan fingerprint density at radius 3 is 2.50 bits per heavy atom. The highest BCUT2D eigenvalue weighted by Crippen LogP contribution is 2.39. The van der Waals surface area contributed by atoms with Crippen LogP contribution in [0.3, 0.4) is 0 Å². The lowest BCUT2D eigenvalue weighted by Crippen LogP contribution is -2.30. The van der Waals surface area contributed by atoms with Gasteiger partial charge in [0, 0.05) is 17.1 Å². The number of rotatable bonds is 2. The van der Waals surface area contributed by atoms with Crippen LogP contribution in [0, 0.1) is 11.3 Å². The number of carbonyl (C=O) groups excluding carboxylic acids is 1. The SMILES string of the molecule is N#Cc1ccc(N2C(=O)[C@@H](O)C[C@@H]2c2ccccc2Cl)cc1. The van der Waals surface area contributed by atoms with Gasteiger partial charge in [0.15, 0.2) is 0 Å². The van der Waals surface area contributed by atoms with Crippen LogP contribution in [0.1, 0.15) is 23.6 Å². The number of nitriles is 1. The van der Waals surface area contributed by atoms with Gasteiger partial charge in [0.2, 0.25) is 0 Å². The molecule has 0 bridgehead atoms. The van der Waals surface area contributed by atoms with Gasteiger partial charge in [-0.2, -0.15) is 5.26 Å². The zero-order valence-electron chi connectivity index (χ0n) is 11.6. The van der Waals surface area contributed by atoms with Gasteiger partial charge in [0.25, 0.3) is 5.91 Å². The number of aliphatic hydroxyl groups excluding tert-OH is 1. The lowest BCUT2D eigenvalue weighted by atomic mass is 10.0. The molecular weight excluding hydrogens is 300 g/mol. The molecule has 0 unspecified atom stereocenters. The molecule has 2 aromatic rings. The van der Waals surface area contributed by atoms with Gasteiger partial charge in [-0.05, 0) is 35.9 Å². The van der Waals surface area contributed by atoms with Gasteiger partial charge in [-0.1, -0.05) is 29.8 Å². The van der Waals surface area contributed by atoms with E-state index in [0.29, 0.717) is 22.7 Å². The van der Waals surface area contributed by atoms with Gasteiger partial charge in [0.1, 0.15) is 6.10 Å². The van der Waals surface area contributed by atoms with Crippen molar-refractivity contribution in [1.29, 1.82) is 5.26 Å². The Morgan fingerprint density at radius 2 is 1.86 bits per heavy atom. The van der Waals surface area contributed by atoms with E-state index in [4.69, 9.17) is 16.9 Å². The molecule has 5 heteroatoms. The molecule has 0 saturated carbocycles. The Hall–Kier alpha value is -2.35. The Morgan fingerprint density at radius 1 is 1.18 bits per heavy atom. The molecule has 22 heavy (non-hydrogen) atoms.